The van der Waals surface area contributed by atoms with E-state index in [9.17, 15) is 17.6 Å². The maximum absolute atomic E-state index is 13.4. The van der Waals surface area contributed by atoms with Gasteiger partial charge in [-0.3, -0.25) is 4.68 Å². The fourth-order valence-electron chi connectivity index (χ4n) is 3.41. The van der Waals surface area contributed by atoms with Gasteiger partial charge in [-0.1, -0.05) is 0 Å². The van der Waals surface area contributed by atoms with Crippen molar-refractivity contribution in [3.8, 4) is 28.3 Å². The summed E-state index contributed by atoms with van der Waals surface area (Å²) in [5, 5.41) is 4.65. The van der Waals surface area contributed by atoms with E-state index < -0.39 is 16.1 Å². The lowest BCUT2D eigenvalue weighted by Gasteiger charge is -2.26. The molecule has 3 heterocycles. The minimum absolute atomic E-state index is 0.000727. The van der Waals surface area contributed by atoms with Crippen LogP contribution >= 0.6 is 0 Å². The highest BCUT2D eigenvalue weighted by atomic mass is 32.2. The number of rotatable bonds is 4. The second kappa shape index (κ2) is 7.50. The second-order valence-electron chi connectivity index (χ2n) is 6.80. The van der Waals surface area contributed by atoms with Crippen LogP contribution < -0.4 is 10.5 Å². The predicted octanol–water partition coefficient (Wildman–Crippen LogP) is 1.98. The first-order chi connectivity index (χ1) is 14.2. The van der Waals surface area contributed by atoms with Crippen LogP contribution in [0.1, 0.15) is 5.69 Å². The van der Waals surface area contributed by atoms with Crippen molar-refractivity contribution >= 4 is 16.1 Å². The van der Waals surface area contributed by atoms with Gasteiger partial charge in [0, 0.05) is 29.9 Å². The normalized spacial score (nSPS) is 14.3. The number of halogens is 1. The summed E-state index contributed by atoms with van der Waals surface area (Å²) in [6.45, 7) is 0.783. The molecule has 9 nitrogen and oxygen atoms in total. The van der Waals surface area contributed by atoms with Crippen LogP contribution in [0.25, 0.3) is 22.4 Å². The first kappa shape index (κ1) is 20.0. The molecule has 3 aromatic rings. The van der Waals surface area contributed by atoms with E-state index in [0.717, 1.165) is 6.26 Å². The second-order valence-corrected chi connectivity index (χ2v) is 8.78. The first-order valence-corrected chi connectivity index (χ1v) is 10.8. The standard InChI is InChI=1S/C19H18FN5O4S/c1-30(27,28)24-8-9-25-15(11-24)17(13-6-7-22-16(10-13)29-19(21)26)18(23-25)12-2-4-14(20)5-3-12/h2-7,10H,8-9,11H2,1H3,(H2,21,26). The van der Waals surface area contributed by atoms with Crippen molar-refractivity contribution in [1.82, 2.24) is 19.1 Å². The van der Waals surface area contributed by atoms with Gasteiger partial charge in [0.15, 0.2) is 0 Å². The first-order valence-electron chi connectivity index (χ1n) is 8.97. The van der Waals surface area contributed by atoms with Crippen molar-refractivity contribution in [3.05, 3.63) is 54.1 Å². The molecule has 0 saturated heterocycles. The van der Waals surface area contributed by atoms with Crippen LogP contribution in [-0.2, 0) is 23.1 Å². The number of carbonyl (C=O) groups excluding carboxylic acids is 1. The van der Waals surface area contributed by atoms with E-state index in [1.807, 2.05) is 0 Å². The maximum atomic E-state index is 13.4. The van der Waals surface area contributed by atoms with Crippen LogP contribution in [0.5, 0.6) is 5.88 Å². The van der Waals surface area contributed by atoms with Crippen LogP contribution in [0.3, 0.4) is 0 Å². The maximum Gasteiger partial charge on any atom is 0.411 e. The molecule has 1 aromatic carbocycles. The zero-order valence-corrected chi connectivity index (χ0v) is 16.8. The van der Waals surface area contributed by atoms with Gasteiger partial charge in [0.05, 0.1) is 25.0 Å². The van der Waals surface area contributed by atoms with E-state index in [2.05, 4.69) is 10.1 Å². The molecule has 0 fully saturated rings. The predicted molar refractivity (Wildman–Crippen MR) is 106 cm³/mol. The fraction of sp³-hybridized carbons (Fsp3) is 0.211. The summed E-state index contributed by atoms with van der Waals surface area (Å²) in [5.74, 6) is -0.380. The molecular formula is C19H18FN5O4S. The summed E-state index contributed by atoms with van der Waals surface area (Å²) >= 11 is 0. The number of aromatic nitrogens is 3. The molecule has 2 N–H and O–H groups in total. The number of hydrogen-bond acceptors (Lipinski definition) is 6. The molecule has 156 valence electrons. The van der Waals surface area contributed by atoms with Crippen LogP contribution in [0.15, 0.2) is 42.6 Å². The van der Waals surface area contributed by atoms with E-state index in [1.54, 1.807) is 22.9 Å². The Morgan fingerprint density at radius 1 is 1.17 bits per heavy atom. The fourth-order valence-corrected chi connectivity index (χ4v) is 4.18. The van der Waals surface area contributed by atoms with Gasteiger partial charge in [0.2, 0.25) is 15.9 Å². The Morgan fingerprint density at radius 2 is 1.90 bits per heavy atom. The van der Waals surface area contributed by atoms with Gasteiger partial charge in [-0.25, -0.2) is 22.6 Å². The lowest BCUT2D eigenvalue weighted by Crippen LogP contribution is -2.37. The van der Waals surface area contributed by atoms with Crippen LogP contribution in [0.2, 0.25) is 0 Å². The van der Waals surface area contributed by atoms with Crippen molar-refractivity contribution < 1.29 is 22.3 Å². The Labute approximate surface area is 171 Å². The SMILES string of the molecule is CS(=O)(=O)N1CCn2nc(-c3ccc(F)cc3)c(-c3ccnc(OC(N)=O)c3)c2C1. The molecule has 0 saturated carbocycles. The van der Waals surface area contributed by atoms with Crippen LogP contribution in [0.4, 0.5) is 9.18 Å². The van der Waals surface area contributed by atoms with Crippen LogP contribution in [-0.4, -0.2) is 46.4 Å². The molecule has 0 spiro atoms. The number of pyridine rings is 1. The van der Waals surface area contributed by atoms with Crippen LogP contribution in [0, 0.1) is 5.82 Å². The average molecular weight is 431 g/mol. The van der Waals surface area contributed by atoms with Gasteiger partial charge in [-0.05, 0) is 35.9 Å². The Morgan fingerprint density at radius 3 is 2.57 bits per heavy atom. The van der Waals surface area contributed by atoms with E-state index in [-0.39, 0.29) is 18.2 Å². The summed E-state index contributed by atoms with van der Waals surface area (Å²) in [6, 6.07) is 9.07. The summed E-state index contributed by atoms with van der Waals surface area (Å²) in [6.07, 6.45) is 1.60. The van der Waals surface area contributed by atoms with Gasteiger partial charge >= 0.3 is 6.09 Å². The number of nitrogens with two attached hydrogens (primary N) is 1. The number of ether oxygens (including phenoxy) is 1. The molecule has 1 amide bonds. The minimum atomic E-state index is -3.41. The van der Waals surface area contributed by atoms with Crippen molar-refractivity contribution in [1.29, 1.82) is 0 Å². The molecule has 0 unspecified atom stereocenters. The molecule has 2 aromatic heterocycles. The number of primary amides is 1. The number of amides is 1. The molecule has 4 rings (SSSR count). The Balaban J connectivity index is 1.90. The lowest BCUT2D eigenvalue weighted by atomic mass is 9.99. The van der Waals surface area contributed by atoms with Gasteiger partial charge in [-0.2, -0.15) is 9.40 Å². The lowest BCUT2D eigenvalue weighted by molar-refractivity contribution is 0.209. The number of hydrogen-bond donors (Lipinski definition) is 1. The van der Waals surface area contributed by atoms with Gasteiger partial charge < -0.3 is 10.5 Å². The van der Waals surface area contributed by atoms with Crippen molar-refractivity contribution in [2.24, 2.45) is 5.73 Å². The molecular weight excluding hydrogens is 413 g/mol. The number of benzene rings is 1. The molecule has 30 heavy (non-hydrogen) atoms. The van der Waals surface area contributed by atoms with Crippen molar-refractivity contribution in [2.45, 2.75) is 13.1 Å². The smallest absolute Gasteiger partial charge is 0.391 e. The Kier molecular flexibility index (Phi) is 5.00. The summed E-state index contributed by atoms with van der Waals surface area (Å²) in [4.78, 5) is 15.1. The molecule has 1 aliphatic heterocycles. The van der Waals surface area contributed by atoms with E-state index >= 15 is 0 Å². The summed E-state index contributed by atoms with van der Waals surface area (Å²) in [7, 11) is -3.41. The monoisotopic (exact) mass is 431 g/mol. The molecule has 0 bridgehead atoms. The van der Waals surface area contributed by atoms with Crippen molar-refractivity contribution in [3.63, 3.8) is 0 Å². The molecule has 0 radical (unpaired) electrons. The molecule has 0 atom stereocenters. The van der Waals surface area contributed by atoms with E-state index in [1.165, 1.54) is 28.7 Å². The highest BCUT2D eigenvalue weighted by molar-refractivity contribution is 7.88. The van der Waals surface area contributed by atoms with Gasteiger partial charge in [0.1, 0.15) is 11.5 Å². The zero-order valence-electron chi connectivity index (χ0n) is 15.9. The Hall–Kier alpha value is -3.31. The number of sulfonamides is 1. The van der Waals surface area contributed by atoms with E-state index in [0.29, 0.717) is 41.2 Å². The quantitative estimate of drug-likeness (QED) is 0.674. The van der Waals surface area contributed by atoms with E-state index in [4.69, 9.17) is 10.5 Å². The average Bonchev–Trinajstić information content (AvgIpc) is 3.06. The van der Waals surface area contributed by atoms with Gasteiger partial charge in [-0.15, -0.1) is 0 Å². The zero-order chi connectivity index (χ0) is 21.5. The molecule has 11 heteroatoms. The topological polar surface area (TPSA) is 120 Å². The molecule has 1 aliphatic rings. The summed E-state index contributed by atoms with van der Waals surface area (Å²) < 4.78 is 45.6. The third kappa shape index (κ3) is 3.89. The van der Waals surface area contributed by atoms with Crippen molar-refractivity contribution in [2.75, 3.05) is 12.8 Å². The number of fused-ring (bicyclic) bond motifs is 1. The van der Waals surface area contributed by atoms with Gasteiger partial charge in [0.25, 0.3) is 0 Å². The molecule has 0 aliphatic carbocycles. The highest BCUT2D eigenvalue weighted by Crippen LogP contribution is 2.37. The number of nitrogens with zero attached hydrogens (tertiary/aromatic N) is 4. The summed E-state index contributed by atoms with van der Waals surface area (Å²) in [5.41, 5.74) is 8.21. The number of carbonyl (C=O) groups is 1. The third-order valence-electron chi connectivity index (χ3n) is 4.76. The third-order valence-corrected chi connectivity index (χ3v) is 6.01. The minimum Gasteiger partial charge on any atom is -0.391 e. The Bertz CT molecular complexity index is 1220. The highest BCUT2D eigenvalue weighted by Gasteiger charge is 2.29. The largest absolute Gasteiger partial charge is 0.411 e.